The maximum absolute atomic E-state index is 12.1. The van der Waals surface area contributed by atoms with Crippen LogP contribution in [0.3, 0.4) is 0 Å². The van der Waals surface area contributed by atoms with E-state index in [-0.39, 0.29) is 18.3 Å². The summed E-state index contributed by atoms with van der Waals surface area (Å²) in [6.07, 6.45) is -0.837. The molecule has 7 nitrogen and oxygen atoms in total. The van der Waals surface area contributed by atoms with E-state index in [0.29, 0.717) is 17.1 Å². The van der Waals surface area contributed by atoms with Crippen LogP contribution in [0.15, 0.2) is 57.5 Å². The van der Waals surface area contributed by atoms with Crippen molar-refractivity contribution >= 4 is 27.7 Å². The highest BCUT2D eigenvalue weighted by Crippen LogP contribution is 2.20. The van der Waals surface area contributed by atoms with Gasteiger partial charge >= 0.3 is 5.97 Å². The van der Waals surface area contributed by atoms with Crippen LogP contribution in [-0.4, -0.2) is 28.0 Å². The van der Waals surface area contributed by atoms with Gasteiger partial charge in [-0.1, -0.05) is 33.2 Å². The highest BCUT2D eigenvalue weighted by molar-refractivity contribution is 9.10. The molecule has 0 saturated carbocycles. The molecule has 0 aliphatic rings. The highest BCUT2D eigenvalue weighted by Gasteiger charge is 2.18. The summed E-state index contributed by atoms with van der Waals surface area (Å²) in [4.78, 5) is 27.6. The number of esters is 1. The van der Waals surface area contributed by atoms with Crippen LogP contribution in [0.25, 0.3) is 11.4 Å². The molecule has 144 valence electrons. The molecule has 0 saturated heterocycles. The van der Waals surface area contributed by atoms with Gasteiger partial charge in [0.15, 0.2) is 18.5 Å². The molecule has 0 N–H and O–H groups in total. The van der Waals surface area contributed by atoms with Crippen LogP contribution in [0.2, 0.25) is 0 Å². The Labute approximate surface area is 169 Å². The molecule has 0 aliphatic carbocycles. The lowest BCUT2D eigenvalue weighted by atomic mass is 10.1. The fourth-order valence-electron chi connectivity index (χ4n) is 2.33. The van der Waals surface area contributed by atoms with E-state index in [1.165, 1.54) is 6.92 Å². The molecule has 0 radical (unpaired) electrons. The molecule has 3 aromatic rings. The molecule has 3 rings (SSSR count). The lowest BCUT2D eigenvalue weighted by molar-refractivity contribution is -0.153. The monoisotopic (exact) mass is 444 g/mol. The van der Waals surface area contributed by atoms with E-state index in [2.05, 4.69) is 26.1 Å². The second-order valence-corrected chi connectivity index (χ2v) is 6.89. The number of aromatic nitrogens is 2. The largest absolute Gasteiger partial charge is 0.479 e. The molecule has 0 aliphatic heterocycles. The van der Waals surface area contributed by atoms with Gasteiger partial charge in [0.2, 0.25) is 5.82 Å². The molecule has 0 bridgehead atoms. The second-order valence-electron chi connectivity index (χ2n) is 5.97. The zero-order chi connectivity index (χ0) is 20.1. The van der Waals surface area contributed by atoms with Gasteiger partial charge in [0.05, 0.1) is 0 Å². The van der Waals surface area contributed by atoms with Crippen LogP contribution in [0.1, 0.15) is 30.1 Å². The molecule has 8 heteroatoms. The van der Waals surface area contributed by atoms with E-state index >= 15 is 0 Å². The maximum atomic E-state index is 12.1. The van der Waals surface area contributed by atoms with Crippen molar-refractivity contribution in [2.45, 2.75) is 26.6 Å². The fourth-order valence-corrected chi connectivity index (χ4v) is 2.73. The minimum atomic E-state index is -0.837. The Hall–Kier alpha value is -3.00. The number of hydrogen-bond acceptors (Lipinski definition) is 7. The molecule has 0 amide bonds. The average molecular weight is 445 g/mol. The first-order chi connectivity index (χ1) is 13.4. The van der Waals surface area contributed by atoms with Crippen LogP contribution in [0.5, 0.6) is 5.75 Å². The molecule has 0 spiro atoms. The predicted octanol–water partition coefficient (Wildman–Crippen LogP) is 4.21. The minimum absolute atomic E-state index is 0.0409. The molecule has 1 atom stereocenters. The Morgan fingerprint density at radius 1 is 1.18 bits per heavy atom. The minimum Gasteiger partial charge on any atom is -0.479 e. The molecule has 1 aromatic heterocycles. The highest BCUT2D eigenvalue weighted by atomic mass is 79.9. The normalized spacial score (nSPS) is 11.7. The standard InChI is InChI=1S/C20H17BrN2O5/c1-12(24)14-6-8-17(9-7-14)27-13(2)20(25)26-11-18-22-19(23-28-18)15-4-3-5-16(21)10-15/h3-10,13H,11H2,1-2H3. The Bertz CT molecular complexity index is 984. The van der Waals surface area contributed by atoms with E-state index in [9.17, 15) is 9.59 Å². The number of rotatable bonds is 7. The number of nitrogens with zero attached hydrogens (tertiary/aromatic N) is 2. The van der Waals surface area contributed by atoms with Crippen molar-refractivity contribution in [2.24, 2.45) is 0 Å². The van der Waals surface area contributed by atoms with Gasteiger partial charge in [0.25, 0.3) is 5.89 Å². The van der Waals surface area contributed by atoms with Crippen LogP contribution >= 0.6 is 15.9 Å². The first-order valence-electron chi connectivity index (χ1n) is 8.45. The predicted molar refractivity (Wildman–Crippen MR) is 104 cm³/mol. The number of Topliss-reactive ketones (excluding diaryl/α,β-unsaturated/α-hetero) is 1. The molecular weight excluding hydrogens is 428 g/mol. The number of benzene rings is 2. The quantitative estimate of drug-likeness (QED) is 0.397. The molecule has 0 fully saturated rings. The number of carbonyl (C=O) groups is 2. The summed E-state index contributed by atoms with van der Waals surface area (Å²) in [6, 6.07) is 14.0. The summed E-state index contributed by atoms with van der Waals surface area (Å²) >= 11 is 3.38. The SMILES string of the molecule is CC(=O)c1ccc(OC(C)C(=O)OCc2nc(-c3cccc(Br)c3)no2)cc1. The van der Waals surface area contributed by atoms with Crippen molar-refractivity contribution in [3.63, 3.8) is 0 Å². The third-order valence-electron chi connectivity index (χ3n) is 3.79. The number of halogens is 1. The summed E-state index contributed by atoms with van der Waals surface area (Å²) < 4.78 is 16.7. The van der Waals surface area contributed by atoms with E-state index in [0.717, 1.165) is 10.0 Å². The van der Waals surface area contributed by atoms with Crippen molar-refractivity contribution in [3.05, 3.63) is 64.5 Å². The molecule has 28 heavy (non-hydrogen) atoms. The van der Waals surface area contributed by atoms with E-state index in [1.54, 1.807) is 31.2 Å². The average Bonchev–Trinajstić information content (AvgIpc) is 3.15. The van der Waals surface area contributed by atoms with Crippen molar-refractivity contribution < 1.29 is 23.6 Å². The smallest absolute Gasteiger partial charge is 0.347 e. The van der Waals surface area contributed by atoms with E-state index in [4.69, 9.17) is 14.0 Å². The van der Waals surface area contributed by atoms with Crippen molar-refractivity contribution in [1.82, 2.24) is 10.1 Å². The lowest BCUT2D eigenvalue weighted by Crippen LogP contribution is -2.26. The Morgan fingerprint density at radius 3 is 2.61 bits per heavy atom. The number of ketones is 1. The first-order valence-corrected chi connectivity index (χ1v) is 9.24. The summed E-state index contributed by atoms with van der Waals surface area (Å²) in [6.45, 7) is 2.90. The lowest BCUT2D eigenvalue weighted by Gasteiger charge is -2.13. The topological polar surface area (TPSA) is 91.5 Å². The number of ether oxygens (including phenoxy) is 2. The third kappa shape index (κ3) is 5.04. The van der Waals surface area contributed by atoms with Gasteiger partial charge in [-0.25, -0.2) is 4.79 Å². The number of carbonyl (C=O) groups excluding carboxylic acids is 2. The van der Waals surface area contributed by atoms with Gasteiger partial charge in [-0.15, -0.1) is 0 Å². The van der Waals surface area contributed by atoms with Crippen LogP contribution < -0.4 is 4.74 Å². The van der Waals surface area contributed by atoms with Gasteiger partial charge in [0.1, 0.15) is 5.75 Å². The van der Waals surface area contributed by atoms with Crippen LogP contribution in [0, 0.1) is 0 Å². The fraction of sp³-hybridized carbons (Fsp3) is 0.200. The summed E-state index contributed by atoms with van der Waals surface area (Å²) in [5, 5.41) is 3.88. The Kier molecular flexibility index (Phi) is 6.20. The molecular formula is C20H17BrN2O5. The third-order valence-corrected chi connectivity index (χ3v) is 4.29. The van der Waals surface area contributed by atoms with E-state index < -0.39 is 12.1 Å². The Balaban J connectivity index is 1.54. The first kappa shape index (κ1) is 19.8. The zero-order valence-electron chi connectivity index (χ0n) is 15.2. The summed E-state index contributed by atoms with van der Waals surface area (Å²) in [5.41, 5.74) is 1.35. The molecule has 1 unspecified atom stereocenters. The van der Waals surface area contributed by atoms with Crippen molar-refractivity contribution in [1.29, 1.82) is 0 Å². The Morgan fingerprint density at radius 2 is 1.93 bits per heavy atom. The summed E-state index contributed by atoms with van der Waals surface area (Å²) in [7, 11) is 0. The van der Waals surface area contributed by atoms with Gasteiger partial charge in [-0.3, -0.25) is 4.79 Å². The summed E-state index contributed by atoms with van der Waals surface area (Å²) in [5.74, 6) is 0.436. The van der Waals surface area contributed by atoms with Gasteiger partial charge in [-0.2, -0.15) is 4.98 Å². The van der Waals surface area contributed by atoms with Crippen LogP contribution in [-0.2, 0) is 16.1 Å². The molecule has 2 aromatic carbocycles. The second kappa shape index (κ2) is 8.79. The van der Waals surface area contributed by atoms with E-state index in [1.807, 2.05) is 24.3 Å². The number of hydrogen-bond donors (Lipinski definition) is 0. The van der Waals surface area contributed by atoms with Crippen LogP contribution in [0.4, 0.5) is 0 Å². The van der Waals surface area contributed by atoms with Gasteiger partial charge in [0, 0.05) is 15.6 Å². The maximum Gasteiger partial charge on any atom is 0.347 e. The zero-order valence-corrected chi connectivity index (χ0v) is 16.8. The van der Waals surface area contributed by atoms with Crippen molar-refractivity contribution in [3.8, 4) is 17.1 Å². The molecule has 1 heterocycles. The van der Waals surface area contributed by atoms with Gasteiger partial charge < -0.3 is 14.0 Å². The van der Waals surface area contributed by atoms with Crippen molar-refractivity contribution in [2.75, 3.05) is 0 Å². The van der Waals surface area contributed by atoms with Gasteiger partial charge in [-0.05, 0) is 50.2 Å².